The highest BCUT2D eigenvalue weighted by atomic mass is 79.9. The second kappa shape index (κ2) is 9.12. The van der Waals surface area contributed by atoms with E-state index in [1.165, 1.54) is 16.2 Å². The molecule has 0 unspecified atom stereocenters. The Balaban J connectivity index is 1.56. The van der Waals surface area contributed by atoms with E-state index in [0.717, 1.165) is 26.3 Å². The summed E-state index contributed by atoms with van der Waals surface area (Å²) >= 11 is 4.91. The number of likely N-dealkylation sites (N-methyl/N-ethyl adjacent to an activating group) is 1. The van der Waals surface area contributed by atoms with Crippen LogP contribution < -0.4 is 5.32 Å². The average molecular weight is 458 g/mol. The molecule has 0 bridgehead atoms. The van der Waals surface area contributed by atoms with Gasteiger partial charge in [0, 0.05) is 28.2 Å². The molecule has 2 aromatic carbocycles. The van der Waals surface area contributed by atoms with Gasteiger partial charge in [-0.3, -0.25) is 9.59 Å². The molecule has 0 aliphatic rings. The summed E-state index contributed by atoms with van der Waals surface area (Å²) in [6.07, 6.45) is 0.171. The molecule has 28 heavy (non-hydrogen) atoms. The van der Waals surface area contributed by atoms with E-state index in [1.54, 1.807) is 7.05 Å². The molecule has 0 radical (unpaired) electrons. The van der Waals surface area contributed by atoms with Crippen LogP contribution in [0.3, 0.4) is 0 Å². The minimum atomic E-state index is -0.232. The maximum atomic E-state index is 12.5. The van der Waals surface area contributed by atoms with Gasteiger partial charge in [0.15, 0.2) is 0 Å². The van der Waals surface area contributed by atoms with Gasteiger partial charge in [0.05, 0.1) is 18.7 Å². The molecule has 3 rings (SSSR count). The Morgan fingerprint density at radius 3 is 2.64 bits per heavy atom. The maximum absolute atomic E-state index is 12.5. The highest BCUT2D eigenvalue weighted by molar-refractivity contribution is 9.10. The first-order chi connectivity index (χ1) is 13.4. The highest BCUT2D eigenvalue weighted by Crippen LogP contribution is 2.23. The quantitative estimate of drug-likeness (QED) is 0.591. The van der Waals surface area contributed by atoms with Crippen LogP contribution in [-0.2, 0) is 16.0 Å². The molecule has 144 valence electrons. The molecule has 5 nitrogen and oxygen atoms in total. The summed E-state index contributed by atoms with van der Waals surface area (Å²) in [5, 5.41) is 5.62. The van der Waals surface area contributed by atoms with E-state index in [2.05, 4.69) is 26.2 Å². The first kappa shape index (κ1) is 20.2. The van der Waals surface area contributed by atoms with E-state index in [4.69, 9.17) is 0 Å². The third-order valence-electron chi connectivity index (χ3n) is 4.17. The van der Waals surface area contributed by atoms with Gasteiger partial charge in [-0.25, -0.2) is 4.98 Å². The van der Waals surface area contributed by atoms with Gasteiger partial charge < -0.3 is 10.2 Å². The monoisotopic (exact) mass is 457 g/mol. The molecule has 0 saturated carbocycles. The molecule has 0 aliphatic heterocycles. The van der Waals surface area contributed by atoms with Crippen molar-refractivity contribution in [3.05, 3.63) is 69.6 Å². The van der Waals surface area contributed by atoms with E-state index >= 15 is 0 Å². The molecule has 0 fully saturated rings. The average Bonchev–Trinajstić information content (AvgIpc) is 3.13. The summed E-state index contributed by atoms with van der Waals surface area (Å²) in [4.78, 5) is 30.7. The zero-order valence-electron chi connectivity index (χ0n) is 15.6. The van der Waals surface area contributed by atoms with Gasteiger partial charge in [-0.1, -0.05) is 46.3 Å². The number of nitrogens with zero attached hydrogens (tertiary/aromatic N) is 2. The summed E-state index contributed by atoms with van der Waals surface area (Å²) in [7, 11) is 1.63. The third kappa shape index (κ3) is 5.27. The van der Waals surface area contributed by atoms with Crippen LogP contribution >= 0.6 is 27.3 Å². The molecule has 0 atom stereocenters. The number of aromatic nitrogens is 1. The van der Waals surface area contributed by atoms with Crippen LogP contribution in [0.2, 0.25) is 0 Å². The van der Waals surface area contributed by atoms with E-state index < -0.39 is 0 Å². The minimum absolute atomic E-state index is 0.00990. The van der Waals surface area contributed by atoms with Gasteiger partial charge in [0.1, 0.15) is 5.01 Å². The van der Waals surface area contributed by atoms with Crippen molar-refractivity contribution in [1.29, 1.82) is 0 Å². The van der Waals surface area contributed by atoms with Crippen LogP contribution in [0.4, 0.5) is 5.69 Å². The lowest BCUT2D eigenvalue weighted by molar-refractivity contribution is -0.132. The Labute approximate surface area is 176 Å². The number of aryl methyl sites for hydroxylation is 1. The van der Waals surface area contributed by atoms with Crippen LogP contribution in [0.5, 0.6) is 0 Å². The fourth-order valence-corrected chi connectivity index (χ4v) is 3.95. The second-order valence-corrected chi connectivity index (χ2v) is 8.22. The summed E-state index contributed by atoms with van der Waals surface area (Å²) in [5.74, 6) is -0.378. The number of carbonyl (C=O) groups is 2. The fraction of sp³-hybridized carbons (Fsp3) is 0.190. The molecule has 1 heterocycles. The zero-order chi connectivity index (χ0) is 20.1. The van der Waals surface area contributed by atoms with Crippen molar-refractivity contribution < 1.29 is 9.59 Å². The normalized spacial score (nSPS) is 10.5. The molecular weight excluding hydrogens is 438 g/mol. The van der Waals surface area contributed by atoms with Crippen molar-refractivity contribution >= 4 is 44.8 Å². The topological polar surface area (TPSA) is 62.3 Å². The van der Waals surface area contributed by atoms with Crippen molar-refractivity contribution in [3.8, 4) is 10.6 Å². The first-order valence-electron chi connectivity index (χ1n) is 8.72. The van der Waals surface area contributed by atoms with E-state index in [9.17, 15) is 9.59 Å². The lowest BCUT2D eigenvalue weighted by Crippen LogP contribution is -2.36. The molecule has 1 N–H and O–H groups in total. The smallest absolute Gasteiger partial charge is 0.243 e. The summed E-state index contributed by atoms with van der Waals surface area (Å²) in [6, 6.07) is 15.5. The van der Waals surface area contributed by atoms with Gasteiger partial charge in [0.2, 0.25) is 11.8 Å². The van der Waals surface area contributed by atoms with Crippen molar-refractivity contribution in [2.24, 2.45) is 0 Å². The van der Waals surface area contributed by atoms with Crippen LogP contribution in [0.25, 0.3) is 10.6 Å². The number of rotatable bonds is 6. The molecule has 0 aliphatic carbocycles. The number of anilines is 1. The minimum Gasteiger partial charge on any atom is -0.336 e. The second-order valence-electron chi connectivity index (χ2n) is 6.44. The summed E-state index contributed by atoms with van der Waals surface area (Å²) < 4.78 is 0.952. The van der Waals surface area contributed by atoms with Gasteiger partial charge in [-0.05, 0) is 30.7 Å². The van der Waals surface area contributed by atoms with Gasteiger partial charge in [-0.2, -0.15) is 0 Å². The Bertz CT molecular complexity index is 988. The Morgan fingerprint density at radius 1 is 1.18 bits per heavy atom. The van der Waals surface area contributed by atoms with Crippen molar-refractivity contribution in [3.63, 3.8) is 0 Å². The van der Waals surface area contributed by atoms with E-state index in [1.807, 2.05) is 60.8 Å². The predicted molar refractivity (Wildman–Crippen MR) is 116 cm³/mol. The molecule has 0 saturated heterocycles. The van der Waals surface area contributed by atoms with Crippen LogP contribution in [0.15, 0.2) is 58.4 Å². The molecule has 2 amide bonds. The highest BCUT2D eigenvalue weighted by Gasteiger charge is 2.16. The number of halogens is 1. The number of nitrogens with one attached hydrogen (secondary N) is 1. The summed E-state index contributed by atoms with van der Waals surface area (Å²) in [6.45, 7) is 1.91. The van der Waals surface area contributed by atoms with E-state index in [0.29, 0.717) is 5.69 Å². The standard InChI is InChI=1S/C21H20BrN3O2S/c1-14-10-16(22)8-9-18(14)24-19(26)12-25(2)20(27)11-17-13-28-21(23-17)15-6-4-3-5-7-15/h3-10,13H,11-12H2,1-2H3,(H,24,26). The number of amides is 2. The SMILES string of the molecule is Cc1cc(Br)ccc1NC(=O)CN(C)C(=O)Cc1csc(-c2ccccc2)n1. The van der Waals surface area contributed by atoms with Gasteiger partial charge >= 0.3 is 0 Å². The van der Waals surface area contributed by atoms with Crippen LogP contribution in [0, 0.1) is 6.92 Å². The molecule has 3 aromatic rings. The largest absolute Gasteiger partial charge is 0.336 e. The lowest BCUT2D eigenvalue weighted by atomic mass is 10.2. The van der Waals surface area contributed by atoms with E-state index in [-0.39, 0.29) is 24.8 Å². The third-order valence-corrected chi connectivity index (χ3v) is 5.61. The number of hydrogen-bond donors (Lipinski definition) is 1. The molecule has 1 aromatic heterocycles. The van der Waals surface area contributed by atoms with Crippen LogP contribution in [-0.4, -0.2) is 35.3 Å². The van der Waals surface area contributed by atoms with Crippen molar-refractivity contribution in [2.45, 2.75) is 13.3 Å². The van der Waals surface area contributed by atoms with Crippen molar-refractivity contribution in [2.75, 3.05) is 18.9 Å². The first-order valence-corrected chi connectivity index (χ1v) is 10.4. The lowest BCUT2D eigenvalue weighted by Gasteiger charge is -2.17. The molecule has 7 heteroatoms. The zero-order valence-corrected chi connectivity index (χ0v) is 18.0. The number of benzene rings is 2. The number of hydrogen-bond acceptors (Lipinski definition) is 4. The van der Waals surface area contributed by atoms with Crippen molar-refractivity contribution in [1.82, 2.24) is 9.88 Å². The summed E-state index contributed by atoms with van der Waals surface area (Å²) in [5.41, 5.74) is 3.43. The van der Waals surface area contributed by atoms with Gasteiger partial charge in [0.25, 0.3) is 0 Å². The van der Waals surface area contributed by atoms with Gasteiger partial charge in [-0.15, -0.1) is 11.3 Å². The number of carbonyl (C=O) groups excluding carboxylic acids is 2. The fourth-order valence-electron chi connectivity index (χ4n) is 2.65. The Kier molecular flexibility index (Phi) is 6.59. The number of thiazole rings is 1. The molecule has 0 spiro atoms. The predicted octanol–water partition coefficient (Wildman–Crippen LogP) is 4.52. The molecular formula is C21H20BrN3O2S. The Hall–Kier alpha value is -2.51. The maximum Gasteiger partial charge on any atom is 0.243 e. The Morgan fingerprint density at radius 2 is 1.93 bits per heavy atom. The van der Waals surface area contributed by atoms with Crippen LogP contribution in [0.1, 0.15) is 11.3 Å².